The summed E-state index contributed by atoms with van der Waals surface area (Å²) in [4.78, 5) is 39.3. The zero-order chi connectivity index (χ0) is 18.4. The summed E-state index contributed by atoms with van der Waals surface area (Å²) in [5, 5.41) is 3.07. The topological polar surface area (TPSA) is 79.0 Å². The zero-order valence-corrected chi connectivity index (χ0v) is 15.6. The van der Waals surface area contributed by atoms with Gasteiger partial charge < -0.3 is 15.0 Å². The summed E-state index contributed by atoms with van der Waals surface area (Å²) in [6.45, 7) is 5.66. The van der Waals surface area contributed by atoms with Gasteiger partial charge in [0.25, 0.3) is 0 Å². The summed E-state index contributed by atoms with van der Waals surface area (Å²) >= 11 is 0. The molecule has 0 radical (unpaired) electrons. The first-order chi connectivity index (χ1) is 12.6. The molecule has 3 fully saturated rings. The number of ether oxygens (including phenoxy) is 1. The Balaban J connectivity index is 1.48. The molecule has 0 saturated carbocycles. The van der Waals surface area contributed by atoms with Crippen LogP contribution in [0.25, 0.3) is 0 Å². The van der Waals surface area contributed by atoms with E-state index in [2.05, 4.69) is 10.2 Å². The maximum absolute atomic E-state index is 12.3. The van der Waals surface area contributed by atoms with Crippen molar-refractivity contribution in [2.24, 2.45) is 5.41 Å². The van der Waals surface area contributed by atoms with Crippen molar-refractivity contribution < 1.29 is 19.1 Å². The number of carbonyl (C=O) groups is 3. The molecule has 7 heteroatoms. The van der Waals surface area contributed by atoms with Crippen molar-refractivity contribution in [3.8, 4) is 0 Å². The number of hydrogen-bond donors (Lipinski definition) is 1. The Morgan fingerprint density at radius 1 is 1.04 bits per heavy atom. The highest BCUT2D eigenvalue weighted by atomic mass is 16.5. The van der Waals surface area contributed by atoms with Crippen molar-refractivity contribution in [3.05, 3.63) is 0 Å². The van der Waals surface area contributed by atoms with E-state index in [1.165, 1.54) is 24.2 Å². The Morgan fingerprint density at radius 2 is 1.69 bits per heavy atom. The Labute approximate surface area is 155 Å². The van der Waals surface area contributed by atoms with Gasteiger partial charge in [-0.25, -0.2) is 0 Å². The maximum atomic E-state index is 12.3. The molecule has 3 saturated heterocycles. The lowest BCUT2D eigenvalue weighted by molar-refractivity contribution is -0.138. The standard InChI is InChI=1S/C19H31N3O4/c23-16(6-11-22-17(24)4-5-18(22)25)20-14-19(7-12-26-13-8-19)15-21-9-2-1-3-10-21/h1-15H2,(H,20,23). The van der Waals surface area contributed by atoms with Crippen LogP contribution in [-0.2, 0) is 19.1 Å². The Kier molecular flexibility index (Phi) is 6.64. The lowest BCUT2D eigenvalue weighted by atomic mass is 9.79. The molecule has 0 bridgehead atoms. The first-order valence-electron chi connectivity index (χ1n) is 9.98. The summed E-state index contributed by atoms with van der Waals surface area (Å²) < 4.78 is 5.55. The van der Waals surface area contributed by atoms with E-state index < -0.39 is 0 Å². The minimum Gasteiger partial charge on any atom is -0.381 e. The van der Waals surface area contributed by atoms with Crippen LogP contribution in [0.4, 0.5) is 0 Å². The summed E-state index contributed by atoms with van der Waals surface area (Å²) in [5.41, 5.74) is 0.0739. The molecule has 26 heavy (non-hydrogen) atoms. The summed E-state index contributed by atoms with van der Waals surface area (Å²) in [5.74, 6) is -0.399. The second-order valence-electron chi connectivity index (χ2n) is 7.92. The second-order valence-corrected chi connectivity index (χ2v) is 7.92. The zero-order valence-electron chi connectivity index (χ0n) is 15.6. The van der Waals surface area contributed by atoms with Gasteiger partial charge in [-0.2, -0.15) is 0 Å². The average molecular weight is 365 g/mol. The SMILES string of the molecule is O=C(CCN1C(=O)CCC1=O)NCC1(CN2CCCCC2)CCOCC1. The Hall–Kier alpha value is -1.47. The lowest BCUT2D eigenvalue weighted by Gasteiger charge is -2.42. The van der Waals surface area contributed by atoms with Crippen molar-refractivity contribution in [1.82, 2.24) is 15.1 Å². The van der Waals surface area contributed by atoms with E-state index in [4.69, 9.17) is 4.74 Å². The van der Waals surface area contributed by atoms with Crippen LogP contribution < -0.4 is 5.32 Å². The fourth-order valence-corrected chi connectivity index (χ4v) is 4.25. The molecular weight excluding hydrogens is 334 g/mol. The predicted molar refractivity (Wildman–Crippen MR) is 96.4 cm³/mol. The first-order valence-corrected chi connectivity index (χ1v) is 9.98. The minimum atomic E-state index is -0.159. The van der Waals surface area contributed by atoms with Gasteiger partial charge in [0.15, 0.2) is 0 Å². The molecule has 0 aliphatic carbocycles. The number of rotatable bonds is 7. The van der Waals surface area contributed by atoms with Crippen LogP contribution in [0.3, 0.4) is 0 Å². The molecule has 7 nitrogen and oxygen atoms in total. The van der Waals surface area contributed by atoms with Gasteiger partial charge in [0.2, 0.25) is 17.7 Å². The van der Waals surface area contributed by atoms with E-state index in [-0.39, 0.29) is 48.9 Å². The number of piperidine rings is 1. The van der Waals surface area contributed by atoms with Crippen LogP contribution in [-0.4, -0.2) is 73.5 Å². The number of nitrogens with zero attached hydrogens (tertiary/aromatic N) is 2. The number of imide groups is 1. The van der Waals surface area contributed by atoms with Gasteiger partial charge in [0.1, 0.15) is 0 Å². The fraction of sp³-hybridized carbons (Fsp3) is 0.842. The van der Waals surface area contributed by atoms with Gasteiger partial charge in [-0.3, -0.25) is 19.3 Å². The largest absolute Gasteiger partial charge is 0.381 e. The van der Waals surface area contributed by atoms with Gasteiger partial charge in [-0.15, -0.1) is 0 Å². The molecule has 0 spiro atoms. The lowest BCUT2D eigenvalue weighted by Crippen LogP contribution is -2.49. The maximum Gasteiger partial charge on any atom is 0.229 e. The molecule has 0 unspecified atom stereocenters. The van der Waals surface area contributed by atoms with E-state index in [1.807, 2.05) is 0 Å². The van der Waals surface area contributed by atoms with Crippen molar-refractivity contribution in [2.75, 3.05) is 45.9 Å². The number of carbonyl (C=O) groups excluding carboxylic acids is 3. The molecule has 3 rings (SSSR count). The van der Waals surface area contributed by atoms with E-state index in [0.29, 0.717) is 6.54 Å². The highest BCUT2D eigenvalue weighted by Crippen LogP contribution is 2.32. The quantitative estimate of drug-likeness (QED) is 0.679. The van der Waals surface area contributed by atoms with Crippen LogP contribution in [0, 0.1) is 5.41 Å². The Morgan fingerprint density at radius 3 is 2.35 bits per heavy atom. The van der Waals surface area contributed by atoms with Gasteiger partial charge in [-0.1, -0.05) is 6.42 Å². The molecule has 0 aromatic rings. The van der Waals surface area contributed by atoms with Gasteiger partial charge in [0.05, 0.1) is 0 Å². The highest BCUT2D eigenvalue weighted by Gasteiger charge is 2.35. The molecule has 0 atom stereocenters. The third-order valence-corrected chi connectivity index (χ3v) is 5.94. The summed E-state index contributed by atoms with van der Waals surface area (Å²) in [6.07, 6.45) is 6.51. The van der Waals surface area contributed by atoms with E-state index in [0.717, 1.165) is 45.7 Å². The van der Waals surface area contributed by atoms with Gasteiger partial charge >= 0.3 is 0 Å². The van der Waals surface area contributed by atoms with E-state index in [9.17, 15) is 14.4 Å². The molecular formula is C19H31N3O4. The first kappa shape index (κ1) is 19.3. The van der Waals surface area contributed by atoms with Crippen LogP contribution >= 0.6 is 0 Å². The number of hydrogen-bond acceptors (Lipinski definition) is 5. The van der Waals surface area contributed by atoms with Crippen molar-refractivity contribution in [2.45, 2.75) is 51.4 Å². The van der Waals surface area contributed by atoms with Gasteiger partial charge in [0, 0.05) is 57.5 Å². The molecule has 3 heterocycles. The van der Waals surface area contributed by atoms with Crippen LogP contribution in [0.1, 0.15) is 51.4 Å². The van der Waals surface area contributed by atoms with Crippen LogP contribution in [0.2, 0.25) is 0 Å². The van der Waals surface area contributed by atoms with E-state index in [1.54, 1.807) is 0 Å². The molecule has 3 amide bonds. The third kappa shape index (κ3) is 5.04. The average Bonchev–Trinajstić information content (AvgIpc) is 2.98. The minimum absolute atomic E-state index is 0.0739. The highest BCUT2D eigenvalue weighted by molar-refractivity contribution is 6.02. The molecule has 0 aromatic carbocycles. The molecule has 0 aromatic heterocycles. The van der Waals surface area contributed by atoms with Crippen molar-refractivity contribution in [3.63, 3.8) is 0 Å². The van der Waals surface area contributed by atoms with Crippen LogP contribution in [0.15, 0.2) is 0 Å². The summed E-state index contributed by atoms with van der Waals surface area (Å²) in [7, 11) is 0. The van der Waals surface area contributed by atoms with Crippen LogP contribution in [0.5, 0.6) is 0 Å². The molecule has 1 N–H and O–H groups in total. The Bertz CT molecular complexity index is 509. The third-order valence-electron chi connectivity index (χ3n) is 5.94. The number of likely N-dealkylation sites (tertiary alicyclic amines) is 2. The predicted octanol–water partition coefficient (Wildman–Crippen LogP) is 0.924. The second kappa shape index (κ2) is 8.95. The fourth-order valence-electron chi connectivity index (χ4n) is 4.25. The van der Waals surface area contributed by atoms with E-state index >= 15 is 0 Å². The smallest absolute Gasteiger partial charge is 0.229 e. The molecule has 3 aliphatic rings. The number of amides is 3. The molecule has 3 aliphatic heterocycles. The van der Waals surface area contributed by atoms with Gasteiger partial charge in [-0.05, 0) is 38.8 Å². The molecule has 146 valence electrons. The summed E-state index contributed by atoms with van der Waals surface area (Å²) in [6, 6.07) is 0. The monoisotopic (exact) mass is 365 g/mol. The number of nitrogens with one attached hydrogen (secondary N) is 1. The van der Waals surface area contributed by atoms with Crippen molar-refractivity contribution >= 4 is 17.7 Å². The normalized spacial score (nSPS) is 24.1. The van der Waals surface area contributed by atoms with Crippen molar-refractivity contribution in [1.29, 1.82) is 0 Å².